The van der Waals surface area contributed by atoms with Gasteiger partial charge < -0.3 is 10.2 Å². The molecule has 25 heavy (non-hydrogen) atoms. The highest BCUT2D eigenvalue weighted by Gasteiger charge is 2.40. The molecule has 0 aliphatic carbocycles. The molecule has 2 aliphatic rings. The fourth-order valence-corrected chi connectivity index (χ4v) is 5.68. The maximum atomic E-state index is 12.6. The van der Waals surface area contributed by atoms with Crippen LogP contribution >= 0.6 is 0 Å². The van der Waals surface area contributed by atoms with Gasteiger partial charge in [-0.05, 0) is 30.5 Å². The highest BCUT2D eigenvalue weighted by Crippen LogP contribution is 2.33. The first-order valence-electron chi connectivity index (χ1n) is 8.27. The van der Waals surface area contributed by atoms with Crippen molar-refractivity contribution in [2.45, 2.75) is 38.3 Å². The predicted molar refractivity (Wildman–Crippen MR) is 95.2 cm³/mol. The molecular formula is C18H22N2O4S. The molecule has 1 aromatic carbocycles. The zero-order valence-corrected chi connectivity index (χ0v) is 15.2. The number of hydrogen-bond donors (Lipinski definition) is 1. The third-order valence-electron chi connectivity index (χ3n) is 4.79. The number of benzene rings is 1. The minimum absolute atomic E-state index is 0.0384. The first-order valence-corrected chi connectivity index (χ1v) is 10.1. The Kier molecular flexibility index (Phi) is 4.45. The smallest absolute Gasteiger partial charge is 0.223 e. The average molecular weight is 362 g/mol. The molecule has 0 spiro atoms. The van der Waals surface area contributed by atoms with Gasteiger partial charge in [0, 0.05) is 13.1 Å². The summed E-state index contributed by atoms with van der Waals surface area (Å²) in [5, 5.41) is 2.87. The van der Waals surface area contributed by atoms with E-state index >= 15 is 0 Å². The zero-order chi connectivity index (χ0) is 18.2. The Bertz CT molecular complexity index is 846. The van der Waals surface area contributed by atoms with Gasteiger partial charge in [0.25, 0.3) is 0 Å². The molecule has 7 heteroatoms. The summed E-state index contributed by atoms with van der Waals surface area (Å²) in [7, 11) is -3.10. The van der Waals surface area contributed by atoms with Crippen LogP contribution in [-0.2, 0) is 19.4 Å². The number of nitrogens with zero attached hydrogens (tertiary/aromatic N) is 1. The SMILES string of the molecule is CC(=O)N1C=Cc2ccccc2[C@H]1CC(=O)N[C@]1(C)CCS(=O)(=O)C1. The number of fused-ring (bicyclic) bond motifs is 1. The van der Waals surface area contributed by atoms with Gasteiger partial charge in [-0.2, -0.15) is 0 Å². The molecule has 1 aromatic rings. The maximum Gasteiger partial charge on any atom is 0.223 e. The number of hydrogen-bond acceptors (Lipinski definition) is 4. The Labute approximate surface area is 147 Å². The van der Waals surface area contributed by atoms with Gasteiger partial charge in [-0.3, -0.25) is 9.59 Å². The molecule has 134 valence electrons. The van der Waals surface area contributed by atoms with Gasteiger partial charge in [-0.15, -0.1) is 0 Å². The summed E-state index contributed by atoms with van der Waals surface area (Å²) < 4.78 is 23.4. The first-order chi connectivity index (χ1) is 11.7. The highest BCUT2D eigenvalue weighted by atomic mass is 32.2. The summed E-state index contributed by atoms with van der Waals surface area (Å²) in [6.07, 6.45) is 4.07. The number of amides is 2. The molecule has 3 rings (SSSR count). The van der Waals surface area contributed by atoms with Crippen LogP contribution in [0.25, 0.3) is 6.08 Å². The normalized spacial score (nSPS) is 27.0. The van der Waals surface area contributed by atoms with E-state index in [4.69, 9.17) is 0 Å². The molecule has 0 bridgehead atoms. The third-order valence-corrected chi connectivity index (χ3v) is 6.70. The largest absolute Gasteiger partial charge is 0.350 e. The minimum Gasteiger partial charge on any atom is -0.350 e. The molecule has 2 amide bonds. The number of carbonyl (C=O) groups excluding carboxylic acids is 2. The van der Waals surface area contributed by atoms with Crippen molar-refractivity contribution in [3.8, 4) is 0 Å². The molecule has 1 saturated heterocycles. The van der Waals surface area contributed by atoms with Gasteiger partial charge >= 0.3 is 0 Å². The Balaban J connectivity index is 1.79. The second-order valence-electron chi connectivity index (χ2n) is 7.04. The van der Waals surface area contributed by atoms with E-state index in [0.717, 1.165) is 11.1 Å². The van der Waals surface area contributed by atoms with Gasteiger partial charge in [-0.1, -0.05) is 24.3 Å². The lowest BCUT2D eigenvalue weighted by Crippen LogP contribution is -2.48. The Morgan fingerprint density at radius 3 is 2.68 bits per heavy atom. The Morgan fingerprint density at radius 2 is 2.04 bits per heavy atom. The minimum atomic E-state index is -3.10. The quantitative estimate of drug-likeness (QED) is 0.886. The second-order valence-corrected chi connectivity index (χ2v) is 9.23. The van der Waals surface area contributed by atoms with Crippen molar-refractivity contribution in [3.63, 3.8) is 0 Å². The van der Waals surface area contributed by atoms with E-state index in [1.54, 1.807) is 18.0 Å². The van der Waals surface area contributed by atoms with Gasteiger partial charge in [0.1, 0.15) is 0 Å². The fraction of sp³-hybridized carbons (Fsp3) is 0.444. The van der Waals surface area contributed by atoms with Crippen LogP contribution in [0, 0.1) is 0 Å². The van der Waals surface area contributed by atoms with Crippen molar-refractivity contribution in [2.24, 2.45) is 0 Å². The van der Waals surface area contributed by atoms with Crippen molar-refractivity contribution >= 4 is 27.7 Å². The van der Waals surface area contributed by atoms with E-state index in [9.17, 15) is 18.0 Å². The molecular weight excluding hydrogens is 340 g/mol. The lowest BCUT2D eigenvalue weighted by atomic mass is 9.93. The Morgan fingerprint density at radius 1 is 1.32 bits per heavy atom. The lowest BCUT2D eigenvalue weighted by Gasteiger charge is -2.33. The van der Waals surface area contributed by atoms with E-state index in [0.29, 0.717) is 6.42 Å². The molecule has 0 radical (unpaired) electrons. The summed E-state index contributed by atoms with van der Waals surface area (Å²) in [4.78, 5) is 26.1. The molecule has 0 aromatic heterocycles. The van der Waals surface area contributed by atoms with Crippen LogP contribution in [0.5, 0.6) is 0 Å². The van der Waals surface area contributed by atoms with E-state index in [1.165, 1.54) is 6.92 Å². The number of nitrogens with one attached hydrogen (secondary N) is 1. The standard InChI is InChI=1S/C18H22N2O4S/c1-13(21)20-9-7-14-5-3-4-6-15(14)16(20)11-17(22)19-18(2)8-10-25(23,24)12-18/h3-7,9,16H,8,10-12H2,1-2H3,(H,19,22)/t16-,18-/m1/s1. The number of sulfone groups is 1. The number of carbonyl (C=O) groups is 2. The van der Waals surface area contributed by atoms with E-state index in [1.807, 2.05) is 30.3 Å². The van der Waals surface area contributed by atoms with Crippen molar-refractivity contribution in [1.82, 2.24) is 10.2 Å². The molecule has 2 aliphatic heterocycles. The van der Waals surface area contributed by atoms with Crippen molar-refractivity contribution in [2.75, 3.05) is 11.5 Å². The average Bonchev–Trinajstić information content (AvgIpc) is 2.80. The lowest BCUT2D eigenvalue weighted by molar-refractivity contribution is -0.130. The van der Waals surface area contributed by atoms with Crippen molar-refractivity contribution in [3.05, 3.63) is 41.6 Å². The summed E-state index contributed by atoms with van der Waals surface area (Å²) in [6, 6.07) is 7.26. The van der Waals surface area contributed by atoms with Gasteiger partial charge in [0.05, 0.1) is 29.5 Å². The second kappa shape index (κ2) is 6.29. The van der Waals surface area contributed by atoms with Crippen molar-refractivity contribution in [1.29, 1.82) is 0 Å². The Hall–Kier alpha value is -2.15. The third kappa shape index (κ3) is 3.76. The first kappa shape index (κ1) is 17.7. The monoisotopic (exact) mass is 362 g/mol. The molecule has 6 nitrogen and oxygen atoms in total. The maximum absolute atomic E-state index is 12.6. The fourth-order valence-electron chi connectivity index (χ4n) is 3.59. The summed E-state index contributed by atoms with van der Waals surface area (Å²) in [6.45, 7) is 3.22. The topological polar surface area (TPSA) is 83.6 Å². The molecule has 1 N–H and O–H groups in total. The molecule has 1 fully saturated rings. The zero-order valence-electron chi connectivity index (χ0n) is 14.4. The molecule has 2 heterocycles. The van der Waals surface area contributed by atoms with Crippen LogP contribution in [0.1, 0.15) is 43.9 Å². The van der Waals surface area contributed by atoms with E-state index in [-0.39, 0.29) is 35.8 Å². The van der Waals surface area contributed by atoms with E-state index in [2.05, 4.69) is 5.32 Å². The molecule has 0 saturated carbocycles. The van der Waals surface area contributed by atoms with Crippen molar-refractivity contribution < 1.29 is 18.0 Å². The molecule has 2 atom stereocenters. The number of rotatable bonds is 3. The van der Waals surface area contributed by atoms with Crippen LogP contribution in [0.2, 0.25) is 0 Å². The van der Waals surface area contributed by atoms with Crippen LogP contribution in [0.3, 0.4) is 0 Å². The summed E-state index contributed by atoms with van der Waals surface area (Å²) in [5.41, 5.74) is 1.16. The van der Waals surface area contributed by atoms with Gasteiger partial charge in [0.15, 0.2) is 9.84 Å². The van der Waals surface area contributed by atoms with Crippen LogP contribution in [0.15, 0.2) is 30.5 Å². The summed E-state index contributed by atoms with van der Waals surface area (Å²) in [5.74, 6) is -0.332. The summed E-state index contributed by atoms with van der Waals surface area (Å²) >= 11 is 0. The van der Waals surface area contributed by atoms with E-state index < -0.39 is 15.4 Å². The van der Waals surface area contributed by atoms with Crippen LogP contribution in [0.4, 0.5) is 0 Å². The molecule has 0 unspecified atom stereocenters. The van der Waals surface area contributed by atoms with Crippen LogP contribution in [-0.4, -0.2) is 42.2 Å². The van der Waals surface area contributed by atoms with Gasteiger partial charge in [-0.25, -0.2) is 8.42 Å². The van der Waals surface area contributed by atoms with Crippen LogP contribution < -0.4 is 5.32 Å². The predicted octanol–water partition coefficient (Wildman–Crippen LogP) is 1.64. The van der Waals surface area contributed by atoms with Gasteiger partial charge in [0.2, 0.25) is 11.8 Å². The highest BCUT2D eigenvalue weighted by molar-refractivity contribution is 7.91.